The molecule has 0 bridgehead atoms. The molecule has 1 N–H and O–H groups in total. The summed E-state index contributed by atoms with van der Waals surface area (Å²) in [6.45, 7) is 3.44. The number of amides is 2. The second-order valence-electron chi connectivity index (χ2n) is 5.08. The van der Waals surface area contributed by atoms with Crippen LogP contribution < -0.4 is 5.32 Å². The third-order valence-electron chi connectivity index (χ3n) is 3.79. The molecule has 116 valence electrons. The van der Waals surface area contributed by atoms with Crippen molar-refractivity contribution in [3.05, 3.63) is 47.2 Å². The molecule has 0 saturated carbocycles. The van der Waals surface area contributed by atoms with E-state index in [1.807, 2.05) is 37.3 Å². The summed E-state index contributed by atoms with van der Waals surface area (Å²) in [5, 5.41) is 2.88. The van der Waals surface area contributed by atoms with Crippen LogP contribution in [0.15, 0.2) is 41.6 Å². The number of esters is 1. The second kappa shape index (κ2) is 6.19. The van der Waals surface area contributed by atoms with E-state index in [2.05, 4.69) is 5.32 Å². The van der Waals surface area contributed by atoms with Gasteiger partial charge in [-0.05, 0) is 12.5 Å². The van der Waals surface area contributed by atoms with E-state index in [4.69, 9.17) is 9.47 Å². The molecular weight excluding hydrogens is 284 g/mol. The van der Waals surface area contributed by atoms with Gasteiger partial charge in [0.1, 0.15) is 6.61 Å². The average Bonchev–Trinajstić information content (AvgIpc) is 2.92. The number of carbonyl (C=O) groups is 2. The number of urea groups is 1. The van der Waals surface area contributed by atoms with E-state index in [1.54, 1.807) is 0 Å². The van der Waals surface area contributed by atoms with Crippen molar-refractivity contribution in [1.82, 2.24) is 10.2 Å². The minimum absolute atomic E-state index is 0.136. The highest BCUT2D eigenvalue weighted by Gasteiger charge is 2.41. The summed E-state index contributed by atoms with van der Waals surface area (Å²) < 4.78 is 10.5. The molecule has 2 heterocycles. The van der Waals surface area contributed by atoms with Crippen molar-refractivity contribution in [2.45, 2.75) is 13.0 Å². The number of rotatable bonds is 5. The lowest BCUT2D eigenvalue weighted by atomic mass is 9.96. The van der Waals surface area contributed by atoms with Crippen LogP contribution in [0.3, 0.4) is 0 Å². The van der Waals surface area contributed by atoms with E-state index < -0.39 is 6.04 Å². The molecule has 1 aromatic rings. The van der Waals surface area contributed by atoms with Gasteiger partial charge in [0.15, 0.2) is 0 Å². The Labute approximate surface area is 128 Å². The van der Waals surface area contributed by atoms with Crippen molar-refractivity contribution in [2.75, 3.05) is 26.4 Å². The van der Waals surface area contributed by atoms with Crippen molar-refractivity contribution < 1.29 is 19.1 Å². The maximum Gasteiger partial charge on any atom is 0.338 e. The lowest BCUT2D eigenvalue weighted by molar-refractivity contribution is -0.136. The van der Waals surface area contributed by atoms with E-state index in [0.717, 1.165) is 5.56 Å². The summed E-state index contributed by atoms with van der Waals surface area (Å²) in [7, 11) is 0. The molecule has 0 unspecified atom stereocenters. The largest absolute Gasteiger partial charge is 0.456 e. The van der Waals surface area contributed by atoms with Crippen LogP contribution in [-0.4, -0.2) is 43.3 Å². The highest BCUT2D eigenvalue weighted by atomic mass is 16.5. The van der Waals surface area contributed by atoms with Crippen LogP contribution >= 0.6 is 0 Å². The zero-order chi connectivity index (χ0) is 15.5. The van der Waals surface area contributed by atoms with Crippen LogP contribution in [-0.2, 0) is 14.3 Å². The second-order valence-corrected chi connectivity index (χ2v) is 5.08. The first-order valence-corrected chi connectivity index (χ1v) is 7.33. The Bertz CT molecular complexity index is 612. The normalized spacial score (nSPS) is 20.8. The Hall–Kier alpha value is -2.34. The van der Waals surface area contributed by atoms with Gasteiger partial charge in [-0.2, -0.15) is 0 Å². The number of nitrogens with zero attached hydrogens (tertiary/aromatic N) is 1. The first-order chi connectivity index (χ1) is 10.7. The number of nitrogens with one attached hydrogen (secondary N) is 1. The fraction of sp³-hybridized carbons (Fsp3) is 0.375. The van der Waals surface area contributed by atoms with Crippen LogP contribution in [0, 0.1) is 0 Å². The van der Waals surface area contributed by atoms with Crippen LogP contribution in [0.4, 0.5) is 4.79 Å². The molecule has 0 fully saturated rings. The van der Waals surface area contributed by atoms with Crippen molar-refractivity contribution in [1.29, 1.82) is 0 Å². The Morgan fingerprint density at radius 1 is 1.32 bits per heavy atom. The smallest absolute Gasteiger partial charge is 0.338 e. The molecule has 0 spiro atoms. The van der Waals surface area contributed by atoms with Gasteiger partial charge in [0.25, 0.3) is 0 Å². The molecule has 0 aromatic heterocycles. The molecule has 0 saturated heterocycles. The van der Waals surface area contributed by atoms with Gasteiger partial charge in [-0.25, -0.2) is 9.59 Å². The maximum atomic E-state index is 12.4. The Morgan fingerprint density at radius 3 is 2.82 bits per heavy atom. The fourth-order valence-electron chi connectivity index (χ4n) is 2.74. The Kier molecular flexibility index (Phi) is 4.11. The van der Waals surface area contributed by atoms with Crippen molar-refractivity contribution in [3.63, 3.8) is 0 Å². The summed E-state index contributed by atoms with van der Waals surface area (Å²) in [6.07, 6.45) is 0. The van der Waals surface area contributed by atoms with Crippen LogP contribution in [0.5, 0.6) is 0 Å². The highest BCUT2D eigenvalue weighted by molar-refractivity contribution is 5.97. The van der Waals surface area contributed by atoms with Gasteiger partial charge in [0.2, 0.25) is 0 Å². The molecule has 6 nitrogen and oxygen atoms in total. The van der Waals surface area contributed by atoms with Gasteiger partial charge < -0.3 is 14.8 Å². The van der Waals surface area contributed by atoms with Crippen LogP contribution in [0.25, 0.3) is 0 Å². The van der Waals surface area contributed by atoms with Crippen molar-refractivity contribution >= 4 is 12.0 Å². The van der Waals surface area contributed by atoms with E-state index in [9.17, 15) is 9.59 Å². The Morgan fingerprint density at radius 2 is 2.09 bits per heavy atom. The van der Waals surface area contributed by atoms with Gasteiger partial charge in [-0.15, -0.1) is 0 Å². The van der Waals surface area contributed by atoms with E-state index in [1.165, 1.54) is 4.90 Å². The minimum Gasteiger partial charge on any atom is -0.456 e. The molecule has 0 radical (unpaired) electrons. The maximum absolute atomic E-state index is 12.4. The number of benzene rings is 1. The van der Waals surface area contributed by atoms with Crippen LogP contribution in [0.1, 0.15) is 18.5 Å². The predicted octanol–water partition coefficient (Wildman–Crippen LogP) is 1.60. The average molecular weight is 302 g/mol. The predicted molar refractivity (Wildman–Crippen MR) is 78.9 cm³/mol. The third kappa shape index (κ3) is 2.57. The molecule has 2 amide bonds. The highest BCUT2D eigenvalue weighted by Crippen LogP contribution is 2.34. The molecule has 0 aliphatic carbocycles. The molecule has 3 rings (SSSR count). The molecule has 22 heavy (non-hydrogen) atoms. The van der Waals surface area contributed by atoms with Gasteiger partial charge in [0, 0.05) is 6.61 Å². The molecule has 1 aromatic carbocycles. The van der Waals surface area contributed by atoms with Crippen LogP contribution in [0.2, 0.25) is 0 Å². The quantitative estimate of drug-likeness (QED) is 0.662. The Balaban J connectivity index is 1.92. The van der Waals surface area contributed by atoms with E-state index in [-0.39, 0.29) is 18.6 Å². The topological polar surface area (TPSA) is 67.9 Å². The SMILES string of the molecule is CCOCCN1C(=O)N[C@@H](c2ccccc2)C2=C1COC2=O. The first kappa shape index (κ1) is 14.6. The fourth-order valence-corrected chi connectivity index (χ4v) is 2.74. The summed E-state index contributed by atoms with van der Waals surface area (Å²) in [6, 6.07) is 8.74. The summed E-state index contributed by atoms with van der Waals surface area (Å²) in [4.78, 5) is 26.0. The number of hydrogen-bond acceptors (Lipinski definition) is 4. The summed E-state index contributed by atoms with van der Waals surface area (Å²) >= 11 is 0. The number of ether oxygens (including phenoxy) is 2. The number of cyclic esters (lactones) is 1. The lowest BCUT2D eigenvalue weighted by Crippen LogP contribution is -2.48. The van der Waals surface area contributed by atoms with Gasteiger partial charge >= 0.3 is 12.0 Å². The number of carbonyl (C=O) groups excluding carboxylic acids is 2. The summed E-state index contributed by atoms with van der Waals surface area (Å²) in [5.41, 5.74) is 2.02. The standard InChI is InChI=1S/C16H18N2O4/c1-2-21-9-8-18-12-10-22-15(19)13(12)14(17-16(18)20)11-6-4-3-5-7-11/h3-7,14H,2,8-10H2,1H3,(H,17,20)/t14-/m0/s1. The first-order valence-electron chi connectivity index (χ1n) is 7.33. The van der Waals surface area contributed by atoms with Gasteiger partial charge in [0.05, 0.1) is 30.5 Å². The number of hydrogen-bond donors (Lipinski definition) is 1. The molecule has 2 aliphatic heterocycles. The van der Waals surface area contributed by atoms with Gasteiger partial charge in [-0.3, -0.25) is 4.90 Å². The zero-order valence-corrected chi connectivity index (χ0v) is 12.4. The lowest BCUT2D eigenvalue weighted by Gasteiger charge is -2.32. The van der Waals surface area contributed by atoms with E-state index >= 15 is 0 Å². The van der Waals surface area contributed by atoms with Crippen molar-refractivity contribution in [2.24, 2.45) is 0 Å². The molecule has 1 atom stereocenters. The third-order valence-corrected chi connectivity index (χ3v) is 3.79. The monoisotopic (exact) mass is 302 g/mol. The zero-order valence-electron chi connectivity index (χ0n) is 12.4. The van der Waals surface area contributed by atoms with Gasteiger partial charge in [-0.1, -0.05) is 30.3 Å². The molecule has 6 heteroatoms. The molecular formula is C16H18N2O4. The van der Waals surface area contributed by atoms with Crippen molar-refractivity contribution in [3.8, 4) is 0 Å². The summed E-state index contributed by atoms with van der Waals surface area (Å²) in [5.74, 6) is -0.370. The minimum atomic E-state index is -0.456. The molecule has 2 aliphatic rings. The van der Waals surface area contributed by atoms with E-state index in [0.29, 0.717) is 31.0 Å².